The molecule has 0 fully saturated rings. The second-order valence-electron chi connectivity index (χ2n) is 5.55. The Morgan fingerprint density at radius 2 is 1.83 bits per heavy atom. The molecule has 0 aromatic heterocycles. The van der Waals surface area contributed by atoms with Crippen molar-refractivity contribution in [3.05, 3.63) is 0 Å². The zero-order valence-electron chi connectivity index (χ0n) is 12.2. The van der Waals surface area contributed by atoms with Crippen molar-refractivity contribution < 1.29 is 9.59 Å². The molecule has 3 N–H and O–H groups in total. The van der Waals surface area contributed by atoms with E-state index >= 15 is 0 Å². The van der Waals surface area contributed by atoms with Crippen LogP contribution in [0.4, 0.5) is 0 Å². The molecular formula is C13H27N3O2. The fourth-order valence-electron chi connectivity index (χ4n) is 1.28. The standard InChI is InChI=1S/C13H27N3O2/c1-6-7-8-14-11(17)9-15-10(2)12(18)16-13(3,4)5/h10,15H,6-9H2,1-5H3,(H,14,17)(H,16,18). The van der Waals surface area contributed by atoms with E-state index in [9.17, 15) is 9.59 Å². The van der Waals surface area contributed by atoms with E-state index in [0.717, 1.165) is 12.8 Å². The fourth-order valence-corrected chi connectivity index (χ4v) is 1.28. The fraction of sp³-hybridized carbons (Fsp3) is 0.846. The summed E-state index contributed by atoms with van der Waals surface area (Å²) in [4.78, 5) is 23.2. The SMILES string of the molecule is CCCCNC(=O)CNC(C)C(=O)NC(C)(C)C. The van der Waals surface area contributed by atoms with Crippen LogP contribution in [0.1, 0.15) is 47.5 Å². The molecule has 0 spiro atoms. The van der Waals surface area contributed by atoms with Crippen LogP contribution >= 0.6 is 0 Å². The molecule has 5 heteroatoms. The summed E-state index contributed by atoms with van der Waals surface area (Å²) in [7, 11) is 0. The van der Waals surface area contributed by atoms with E-state index in [4.69, 9.17) is 0 Å². The molecule has 0 bridgehead atoms. The van der Waals surface area contributed by atoms with Crippen LogP contribution in [-0.2, 0) is 9.59 Å². The van der Waals surface area contributed by atoms with Gasteiger partial charge in [-0.05, 0) is 34.1 Å². The van der Waals surface area contributed by atoms with Crippen molar-refractivity contribution >= 4 is 11.8 Å². The molecule has 0 radical (unpaired) electrons. The van der Waals surface area contributed by atoms with Gasteiger partial charge in [-0.15, -0.1) is 0 Å². The van der Waals surface area contributed by atoms with Gasteiger partial charge in [0.25, 0.3) is 0 Å². The molecule has 2 amide bonds. The molecule has 106 valence electrons. The zero-order valence-corrected chi connectivity index (χ0v) is 12.2. The molecule has 0 saturated heterocycles. The Bertz CT molecular complexity index is 272. The number of nitrogens with one attached hydrogen (secondary N) is 3. The quantitative estimate of drug-likeness (QED) is 0.591. The van der Waals surface area contributed by atoms with E-state index in [2.05, 4.69) is 22.9 Å². The molecule has 1 unspecified atom stereocenters. The van der Waals surface area contributed by atoms with Gasteiger partial charge in [0, 0.05) is 12.1 Å². The third kappa shape index (κ3) is 8.98. The molecule has 0 aliphatic carbocycles. The van der Waals surface area contributed by atoms with Crippen LogP contribution in [0.2, 0.25) is 0 Å². The van der Waals surface area contributed by atoms with Crippen LogP contribution < -0.4 is 16.0 Å². The molecule has 18 heavy (non-hydrogen) atoms. The van der Waals surface area contributed by atoms with Gasteiger partial charge < -0.3 is 10.6 Å². The Morgan fingerprint density at radius 1 is 1.22 bits per heavy atom. The molecule has 0 aliphatic rings. The minimum atomic E-state index is -0.374. The number of rotatable bonds is 7. The largest absolute Gasteiger partial charge is 0.355 e. The van der Waals surface area contributed by atoms with Gasteiger partial charge in [0.1, 0.15) is 0 Å². The summed E-state index contributed by atoms with van der Waals surface area (Å²) in [5, 5.41) is 8.56. The lowest BCUT2D eigenvalue weighted by atomic mass is 10.1. The second kappa shape index (κ2) is 8.08. The molecular weight excluding hydrogens is 230 g/mol. The summed E-state index contributed by atoms with van der Waals surface area (Å²) < 4.78 is 0. The van der Waals surface area contributed by atoms with Gasteiger partial charge in [0.2, 0.25) is 11.8 Å². The lowest BCUT2D eigenvalue weighted by Gasteiger charge is -2.23. The van der Waals surface area contributed by atoms with Gasteiger partial charge in [-0.3, -0.25) is 14.9 Å². The average molecular weight is 257 g/mol. The summed E-state index contributed by atoms with van der Waals surface area (Å²) in [6.45, 7) is 10.5. The molecule has 5 nitrogen and oxygen atoms in total. The van der Waals surface area contributed by atoms with Gasteiger partial charge in [-0.25, -0.2) is 0 Å². The van der Waals surface area contributed by atoms with Gasteiger partial charge in [-0.2, -0.15) is 0 Å². The maximum Gasteiger partial charge on any atom is 0.237 e. The van der Waals surface area contributed by atoms with Crippen LogP contribution in [0.15, 0.2) is 0 Å². The van der Waals surface area contributed by atoms with Gasteiger partial charge in [-0.1, -0.05) is 13.3 Å². The van der Waals surface area contributed by atoms with Crippen molar-refractivity contribution in [2.45, 2.75) is 59.0 Å². The van der Waals surface area contributed by atoms with Crippen LogP contribution in [0.3, 0.4) is 0 Å². The lowest BCUT2D eigenvalue weighted by molar-refractivity contribution is -0.124. The van der Waals surface area contributed by atoms with Crippen molar-refractivity contribution in [3.8, 4) is 0 Å². The van der Waals surface area contributed by atoms with E-state index in [-0.39, 0.29) is 29.9 Å². The number of unbranched alkanes of at least 4 members (excludes halogenated alkanes) is 1. The Kier molecular flexibility index (Phi) is 7.59. The van der Waals surface area contributed by atoms with Gasteiger partial charge >= 0.3 is 0 Å². The maximum atomic E-state index is 11.7. The molecule has 0 saturated carbocycles. The first-order valence-corrected chi connectivity index (χ1v) is 6.58. The summed E-state index contributed by atoms with van der Waals surface area (Å²) in [5.41, 5.74) is -0.254. The van der Waals surface area contributed by atoms with E-state index in [0.29, 0.717) is 6.54 Å². The summed E-state index contributed by atoms with van der Waals surface area (Å²) >= 11 is 0. The number of hydrogen-bond donors (Lipinski definition) is 3. The third-order valence-corrected chi connectivity index (χ3v) is 2.31. The smallest absolute Gasteiger partial charge is 0.237 e. The highest BCUT2D eigenvalue weighted by Crippen LogP contribution is 1.99. The van der Waals surface area contributed by atoms with Crippen LogP contribution in [-0.4, -0.2) is 36.5 Å². The van der Waals surface area contributed by atoms with Crippen molar-refractivity contribution in [3.63, 3.8) is 0 Å². The Balaban J connectivity index is 3.85. The molecule has 0 rings (SSSR count). The summed E-state index contributed by atoms with van der Waals surface area (Å²) in [6, 6.07) is -0.374. The zero-order chi connectivity index (χ0) is 14.2. The van der Waals surface area contributed by atoms with Gasteiger partial charge in [0.05, 0.1) is 12.6 Å². The summed E-state index contributed by atoms with van der Waals surface area (Å²) in [5.74, 6) is -0.164. The third-order valence-electron chi connectivity index (χ3n) is 2.31. The first-order valence-electron chi connectivity index (χ1n) is 6.58. The first kappa shape index (κ1) is 16.9. The number of amides is 2. The topological polar surface area (TPSA) is 70.2 Å². The average Bonchev–Trinajstić information content (AvgIpc) is 2.23. The summed E-state index contributed by atoms with van der Waals surface area (Å²) in [6.07, 6.45) is 2.03. The number of carbonyl (C=O) groups excluding carboxylic acids is 2. The highest BCUT2D eigenvalue weighted by molar-refractivity contribution is 5.83. The minimum absolute atomic E-state index is 0.0705. The Labute approximate surface area is 110 Å². The van der Waals surface area contributed by atoms with Crippen molar-refractivity contribution in [2.24, 2.45) is 0 Å². The monoisotopic (exact) mass is 257 g/mol. The van der Waals surface area contributed by atoms with Crippen molar-refractivity contribution in [1.29, 1.82) is 0 Å². The first-order chi connectivity index (χ1) is 8.26. The molecule has 0 heterocycles. The maximum absolute atomic E-state index is 11.7. The predicted octanol–water partition coefficient (Wildman–Crippen LogP) is 0.796. The Morgan fingerprint density at radius 3 is 2.33 bits per heavy atom. The number of hydrogen-bond acceptors (Lipinski definition) is 3. The van der Waals surface area contributed by atoms with Crippen LogP contribution in [0.25, 0.3) is 0 Å². The highest BCUT2D eigenvalue weighted by atomic mass is 16.2. The van der Waals surface area contributed by atoms with Gasteiger partial charge in [0.15, 0.2) is 0 Å². The van der Waals surface area contributed by atoms with Crippen molar-refractivity contribution in [1.82, 2.24) is 16.0 Å². The minimum Gasteiger partial charge on any atom is -0.355 e. The molecule has 0 aromatic rings. The molecule has 0 aliphatic heterocycles. The predicted molar refractivity (Wildman–Crippen MR) is 73.3 cm³/mol. The van der Waals surface area contributed by atoms with E-state index < -0.39 is 0 Å². The lowest BCUT2D eigenvalue weighted by Crippen LogP contribution is -2.51. The van der Waals surface area contributed by atoms with E-state index in [1.807, 2.05) is 20.8 Å². The van der Waals surface area contributed by atoms with E-state index in [1.54, 1.807) is 6.92 Å². The highest BCUT2D eigenvalue weighted by Gasteiger charge is 2.19. The Hall–Kier alpha value is -1.10. The van der Waals surface area contributed by atoms with Crippen LogP contribution in [0, 0.1) is 0 Å². The second-order valence-corrected chi connectivity index (χ2v) is 5.55. The molecule has 0 aromatic carbocycles. The van der Waals surface area contributed by atoms with Crippen LogP contribution in [0.5, 0.6) is 0 Å². The number of carbonyl (C=O) groups is 2. The molecule has 1 atom stereocenters. The normalized spacial score (nSPS) is 12.9. The van der Waals surface area contributed by atoms with E-state index in [1.165, 1.54) is 0 Å². The van der Waals surface area contributed by atoms with Crippen molar-refractivity contribution in [2.75, 3.05) is 13.1 Å².